The van der Waals surface area contributed by atoms with Gasteiger partial charge in [0.05, 0.1) is 6.61 Å². The van der Waals surface area contributed by atoms with Gasteiger partial charge in [-0.3, -0.25) is 10.1 Å². The Morgan fingerprint density at radius 2 is 1.95 bits per heavy atom. The summed E-state index contributed by atoms with van der Waals surface area (Å²) in [7, 11) is 1.60. The lowest BCUT2D eigenvalue weighted by Gasteiger charge is -2.15. The van der Waals surface area contributed by atoms with Crippen molar-refractivity contribution in [1.29, 1.82) is 0 Å². The summed E-state index contributed by atoms with van der Waals surface area (Å²) in [6.45, 7) is 5.34. The van der Waals surface area contributed by atoms with E-state index < -0.39 is 12.0 Å². The van der Waals surface area contributed by atoms with Crippen LogP contribution in [0.4, 0.5) is 0 Å². The molecule has 2 N–H and O–H groups in total. The number of carboxylic acid groups (broad SMARTS) is 1. The highest BCUT2D eigenvalue weighted by atomic mass is 16.5. The van der Waals surface area contributed by atoms with E-state index in [2.05, 4.69) is 19.2 Å². The van der Waals surface area contributed by atoms with Crippen LogP contribution in [0.5, 0.6) is 0 Å². The molecule has 4 nitrogen and oxygen atoms in total. The Kier molecular flexibility index (Phi) is 6.53. The summed E-state index contributed by atoms with van der Waals surface area (Å²) < 4.78 is 4.92. The van der Waals surface area contributed by atoms with Crippen molar-refractivity contribution in [2.75, 3.05) is 20.3 Å². The van der Waals surface area contributed by atoms with Crippen LogP contribution >= 0.6 is 0 Å². The number of hydrogen-bond donors (Lipinski definition) is 2. The summed E-state index contributed by atoms with van der Waals surface area (Å²) in [5.74, 6) is -0.270. The fourth-order valence-corrected chi connectivity index (χ4v) is 1.97. The molecule has 0 aliphatic heterocycles. The van der Waals surface area contributed by atoms with E-state index in [4.69, 9.17) is 4.74 Å². The molecule has 1 rings (SSSR count). The summed E-state index contributed by atoms with van der Waals surface area (Å²) >= 11 is 0. The lowest BCUT2D eigenvalue weighted by Crippen LogP contribution is -2.31. The Labute approximate surface area is 114 Å². The monoisotopic (exact) mass is 265 g/mol. The molecule has 0 heterocycles. The van der Waals surface area contributed by atoms with Crippen molar-refractivity contribution in [3.05, 3.63) is 35.4 Å². The molecule has 0 spiro atoms. The minimum atomic E-state index is -0.868. The van der Waals surface area contributed by atoms with Crippen molar-refractivity contribution in [3.8, 4) is 0 Å². The molecule has 0 amide bonds. The topological polar surface area (TPSA) is 58.6 Å². The zero-order valence-electron chi connectivity index (χ0n) is 11.8. The number of nitrogens with one attached hydrogen (secondary N) is 1. The molecule has 0 aliphatic carbocycles. The van der Waals surface area contributed by atoms with E-state index in [0.717, 1.165) is 12.0 Å². The van der Waals surface area contributed by atoms with Crippen molar-refractivity contribution in [3.63, 3.8) is 0 Å². The Morgan fingerprint density at radius 3 is 2.42 bits per heavy atom. The second kappa shape index (κ2) is 7.92. The quantitative estimate of drug-likeness (QED) is 0.708. The molecule has 0 fully saturated rings. The first-order valence-electron chi connectivity index (χ1n) is 6.58. The molecule has 19 heavy (non-hydrogen) atoms. The second-order valence-electron chi connectivity index (χ2n) is 5.06. The highest BCUT2D eigenvalue weighted by Gasteiger charge is 2.18. The molecule has 0 radical (unpaired) electrons. The molecule has 1 aromatic rings. The predicted molar refractivity (Wildman–Crippen MR) is 75.2 cm³/mol. The van der Waals surface area contributed by atoms with E-state index in [1.807, 2.05) is 24.3 Å². The van der Waals surface area contributed by atoms with Crippen LogP contribution in [0, 0.1) is 5.92 Å². The van der Waals surface area contributed by atoms with Crippen LogP contribution in [0.1, 0.15) is 31.0 Å². The molecule has 0 aromatic heterocycles. The Morgan fingerprint density at radius 1 is 1.32 bits per heavy atom. The van der Waals surface area contributed by atoms with Gasteiger partial charge in [-0.05, 0) is 23.5 Å². The Balaban J connectivity index is 2.71. The van der Waals surface area contributed by atoms with Crippen LogP contribution in [0.15, 0.2) is 24.3 Å². The van der Waals surface area contributed by atoms with Crippen LogP contribution in [-0.2, 0) is 16.0 Å². The Bertz CT molecular complexity index is 387. The maximum atomic E-state index is 11.3. The first-order chi connectivity index (χ1) is 9.04. The largest absolute Gasteiger partial charge is 0.480 e. The molecule has 106 valence electrons. The van der Waals surface area contributed by atoms with Gasteiger partial charge in [0.25, 0.3) is 0 Å². The molecule has 4 heteroatoms. The summed E-state index contributed by atoms with van der Waals surface area (Å²) in [6, 6.07) is 7.10. The minimum Gasteiger partial charge on any atom is -0.480 e. The average Bonchev–Trinajstić information content (AvgIpc) is 2.35. The molecule has 1 aromatic carbocycles. The van der Waals surface area contributed by atoms with Gasteiger partial charge >= 0.3 is 5.97 Å². The number of rotatable bonds is 8. The van der Waals surface area contributed by atoms with Gasteiger partial charge in [-0.1, -0.05) is 38.1 Å². The van der Waals surface area contributed by atoms with Gasteiger partial charge in [0.2, 0.25) is 0 Å². The van der Waals surface area contributed by atoms with E-state index in [-0.39, 0.29) is 0 Å². The summed E-state index contributed by atoms with van der Waals surface area (Å²) in [5, 5.41) is 12.2. The van der Waals surface area contributed by atoms with Gasteiger partial charge in [0, 0.05) is 13.7 Å². The highest BCUT2D eigenvalue weighted by Crippen LogP contribution is 2.16. The van der Waals surface area contributed by atoms with Crippen molar-refractivity contribution in [2.45, 2.75) is 26.3 Å². The van der Waals surface area contributed by atoms with Gasteiger partial charge in [-0.25, -0.2) is 0 Å². The summed E-state index contributed by atoms with van der Waals surface area (Å²) in [5.41, 5.74) is 2.01. The van der Waals surface area contributed by atoms with Crippen LogP contribution < -0.4 is 5.32 Å². The number of aliphatic carboxylic acids is 1. The van der Waals surface area contributed by atoms with E-state index in [1.165, 1.54) is 5.56 Å². The lowest BCUT2D eigenvalue weighted by atomic mass is 9.99. The molecule has 0 aliphatic rings. The number of methoxy groups -OCH3 is 1. The van der Waals surface area contributed by atoms with Crippen LogP contribution in [0.25, 0.3) is 0 Å². The fourth-order valence-electron chi connectivity index (χ4n) is 1.97. The SMILES string of the molecule is COCCNC(C(=O)O)c1ccc(CC(C)C)cc1. The number of ether oxygens (including phenoxy) is 1. The summed E-state index contributed by atoms with van der Waals surface area (Å²) in [4.78, 5) is 11.3. The highest BCUT2D eigenvalue weighted by molar-refractivity contribution is 5.75. The van der Waals surface area contributed by atoms with Crippen LogP contribution in [0.2, 0.25) is 0 Å². The zero-order chi connectivity index (χ0) is 14.3. The fraction of sp³-hybridized carbons (Fsp3) is 0.533. The van der Waals surface area contributed by atoms with Gasteiger partial charge in [0.1, 0.15) is 6.04 Å². The van der Waals surface area contributed by atoms with Gasteiger partial charge < -0.3 is 9.84 Å². The Hall–Kier alpha value is -1.39. The lowest BCUT2D eigenvalue weighted by molar-refractivity contribution is -0.139. The molecule has 1 atom stereocenters. The molecule has 0 bridgehead atoms. The van der Waals surface area contributed by atoms with Crippen molar-refractivity contribution < 1.29 is 14.6 Å². The average molecular weight is 265 g/mol. The molecule has 0 saturated heterocycles. The van der Waals surface area contributed by atoms with Gasteiger partial charge in [-0.15, -0.1) is 0 Å². The van der Waals surface area contributed by atoms with E-state index in [0.29, 0.717) is 19.1 Å². The maximum Gasteiger partial charge on any atom is 0.325 e. The first-order valence-corrected chi connectivity index (χ1v) is 6.58. The molecular weight excluding hydrogens is 242 g/mol. The van der Waals surface area contributed by atoms with Gasteiger partial charge in [-0.2, -0.15) is 0 Å². The minimum absolute atomic E-state index is 0.495. The molecular formula is C15H23NO3. The van der Waals surface area contributed by atoms with Crippen molar-refractivity contribution in [1.82, 2.24) is 5.32 Å². The van der Waals surface area contributed by atoms with Gasteiger partial charge in [0.15, 0.2) is 0 Å². The van der Waals surface area contributed by atoms with E-state index in [1.54, 1.807) is 7.11 Å². The third-order valence-corrected chi connectivity index (χ3v) is 2.86. The summed E-state index contributed by atoms with van der Waals surface area (Å²) in [6.07, 6.45) is 1.01. The van der Waals surface area contributed by atoms with Crippen LogP contribution in [0.3, 0.4) is 0 Å². The zero-order valence-corrected chi connectivity index (χ0v) is 11.8. The third kappa shape index (κ3) is 5.41. The first kappa shape index (κ1) is 15.7. The standard InChI is InChI=1S/C15H23NO3/c1-11(2)10-12-4-6-13(7-5-12)14(15(17)18)16-8-9-19-3/h4-7,11,14,16H,8-10H2,1-3H3,(H,17,18). The smallest absolute Gasteiger partial charge is 0.325 e. The molecule has 0 saturated carbocycles. The van der Waals surface area contributed by atoms with Crippen LogP contribution in [-0.4, -0.2) is 31.3 Å². The number of benzene rings is 1. The molecule has 1 unspecified atom stereocenters. The van der Waals surface area contributed by atoms with E-state index in [9.17, 15) is 9.90 Å². The maximum absolute atomic E-state index is 11.3. The third-order valence-electron chi connectivity index (χ3n) is 2.86. The normalized spacial score (nSPS) is 12.6. The number of hydrogen-bond acceptors (Lipinski definition) is 3. The van der Waals surface area contributed by atoms with Crippen molar-refractivity contribution in [2.24, 2.45) is 5.92 Å². The predicted octanol–water partition coefficient (Wildman–Crippen LogP) is 2.25. The number of carboxylic acids is 1. The second-order valence-corrected chi connectivity index (χ2v) is 5.06. The van der Waals surface area contributed by atoms with Crippen molar-refractivity contribution >= 4 is 5.97 Å². The number of carbonyl (C=O) groups is 1. The van der Waals surface area contributed by atoms with E-state index >= 15 is 0 Å².